The van der Waals surface area contributed by atoms with Crippen LogP contribution in [0, 0.1) is 0 Å². The highest BCUT2D eigenvalue weighted by molar-refractivity contribution is 5.31. The van der Waals surface area contributed by atoms with Crippen LogP contribution in [0.1, 0.15) is 18.0 Å². The van der Waals surface area contributed by atoms with Crippen molar-refractivity contribution in [3.63, 3.8) is 0 Å². The molecule has 0 bridgehead atoms. The molecule has 3 nitrogen and oxygen atoms in total. The van der Waals surface area contributed by atoms with Gasteiger partial charge in [-0.15, -0.1) is 0 Å². The lowest BCUT2D eigenvalue weighted by molar-refractivity contribution is -0.253. The number of nitrogens with one attached hydrogen (secondary N) is 1. The summed E-state index contributed by atoms with van der Waals surface area (Å²) in [6, 6.07) is 3.39. The van der Waals surface area contributed by atoms with Gasteiger partial charge in [-0.3, -0.25) is 4.90 Å². The third-order valence-electron chi connectivity index (χ3n) is 3.77. The highest BCUT2D eigenvalue weighted by Crippen LogP contribution is 2.36. The number of alkyl halides is 7. The summed E-state index contributed by atoms with van der Waals surface area (Å²) in [6.07, 6.45) is -14.4. The minimum Gasteiger partial charge on any atom is -0.428 e. The molecule has 10 heteroatoms. The van der Waals surface area contributed by atoms with Crippen LogP contribution in [0.15, 0.2) is 24.3 Å². The number of piperazine rings is 1. The maximum absolute atomic E-state index is 13.0. The van der Waals surface area contributed by atoms with E-state index in [9.17, 15) is 30.7 Å². The Kier molecular flexibility index (Phi) is 6.15. The molecule has 0 spiro atoms. The van der Waals surface area contributed by atoms with E-state index >= 15 is 0 Å². The molecule has 142 valence electrons. The Morgan fingerprint density at radius 1 is 1.08 bits per heavy atom. The van der Waals surface area contributed by atoms with Crippen LogP contribution >= 0.6 is 0 Å². The normalized spacial score (nSPS) is 18.4. The Balaban J connectivity index is 2.25. The molecule has 0 radical (unpaired) electrons. The van der Waals surface area contributed by atoms with Gasteiger partial charge < -0.3 is 10.1 Å². The molecule has 0 saturated carbocycles. The average molecular weight is 374 g/mol. The fraction of sp³-hybridized carbons (Fsp3) is 0.600. The molecule has 1 heterocycles. The minimum absolute atomic E-state index is 0.0850. The van der Waals surface area contributed by atoms with Gasteiger partial charge in [0.05, 0.1) is 6.42 Å². The van der Waals surface area contributed by atoms with Crippen molar-refractivity contribution in [3.8, 4) is 5.75 Å². The van der Waals surface area contributed by atoms with Crippen LogP contribution < -0.4 is 10.1 Å². The highest BCUT2D eigenvalue weighted by Gasteiger charge is 2.44. The van der Waals surface area contributed by atoms with E-state index in [0.717, 1.165) is 12.1 Å². The van der Waals surface area contributed by atoms with Crippen molar-refractivity contribution >= 4 is 0 Å². The van der Waals surface area contributed by atoms with Crippen LogP contribution in [-0.2, 0) is 0 Å². The van der Waals surface area contributed by atoms with Crippen molar-refractivity contribution < 1.29 is 35.5 Å². The van der Waals surface area contributed by atoms with Gasteiger partial charge in [0.1, 0.15) is 5.75 Å². The summed E-state index contributed by atoms with van der Waals surface area (Å²) in [5, 5.41) is 3.01. The maximum atomic E-state index is 13.0. The molecule has 0 aliphatic carbocycles. The van der Waals surface area contributed by atoms with Crippen LogP contribution in [0.3, 0.4) is 0 Å². The van der Waals surface area contributed by atoms with Crippen LogP contribution in [0.4, 0.5) is 30.7 Å². The number of nitrogens with zero attached hydrogens (tertiary/aromatic N) is 1. The van der Waals surface area contributed by atoms with Gasteiger partial charge in [0.25, 0.3) is 0 Å². The van der Waals surface area contributed by atoms with Crippen LogP contribution in [0.5, 0.6) is 5.75 Å². The van der Waals surface area contributed by atoms with Crippen molar-refractivity contribution in [3.05, 3.63) is 29.8 Å². The van der Waals surface area contributed by atoms with Gasteiger partial charge in [-0.2, -0.15) is 30.7 Å². The lowest BCUT2D eigenvalue weighted by atomic mass is 10.0. The summed E-state index contributed by atoms with van der Waals surface area (Å²) in [4.78, 5) is 1.58. The van der Waals surface area contributed by atoms with Gasteiger partial charge in [0, 0.05) is 32.2 Å². The zero-order chi connectivity index (χ0) is 18.7. The van der Waals surface area contributed by atoms with E-state index in [0.29, 0.717) is 26.2 Å². The van der Waals surface area contributed by atoms with Crippen LogP contribution in [0.25, 0.3) is 0 Å². The predicted molar refractivity (Wildman–Crippen MR) is 75.9 cm³/mol. The molecule has 2 rings (SSSR count). The van der Waals surface area contributed by atoms with E-state index in [1.807, 2.05) is 0 Å². The molecule has 0 amide bonds. The standard InChI is InChI=1S/C15H17F7N2O/c16-13(17)15(21,22)25-11-3-1-2-10(8-11)12(9-14(18,19)20)24-6-4-23-5-7-24/h1-3,8,12-13,23H,4-7,9H2/t12-/m0/s1. The third-order valence-corrected chi connectivity index (χ3v) is 3.77. The molecule has 1 aromatic rings. The second kappa shape index (κ2) is 7.77. The van der Waals surface area contributed by atoms with Crippen molar-refractivity contribution in [2.24, 2.45) is 0 Å². The highest BCUT2D eigenvalue weighted by atomic mass is 19.4. The fourth-order valence-electron chi connectivity index (χ4n) is 2.66. The molecule has 1 N–H and O–H groups in total. The lowest BCUT2D eigenvalue weighted by Crippen LogP contribution is -2.46. The molecule has 1 aromatic carbocycles. The molecule has 1 saturated heterocycles. The number of halogens is 7. The van der Waals surface area contributed by atoms with Crippen LogP contribution in [0.2, 0.25) is 0 Å². The minimum atomic E-state index is -4.72. The van der Waals surface area contributed by atoms with Crippen molar-refractivity contribution in [1.29, 1.82) is 0 Å². The number of ether oxygens (including phenoxy) is 1. The Bertz CT molecular complexity index is 559. The summed E-state index contributed by atoms with van der Waals surface area (Å²) < 4.78 is 93.3. The van der Waals surface area contributed by atoms with E-state index in [1.165, 1.54) is 12.1 Å². The summed E-state index contributed by atoms with van der Waals surface area (Å²) in [7, 11) is 0. The third kappa shape index (κ3) is 5.74. The second-order valence-corrected chi connectivity index (χ2v) is 5.66. The zero-order valence-electron chi connectivity index (χ0n) is 13.0. The monoisotopic (exact) mass is 374 g/mol. The smallest absolute Gasteiger partial charge is 0.428 e. The first kappa shape index (κ1) is 19.8. The van der Waals surface area contributed by atoms with E-state index < -0.39 is 36.9 Å². The Labute approximate surface area is 139 Å². The molecule has 0 unspecified atom stereocenters. The number of rotatable bonds is 6. The summed E-state index contributed by atoms with van der Waals surface area (Å²) >= 11 is 0. The fourth-order valence-corrected chi connectivity index (χ4v) is 2.66. The molecular formula is C15H17F7N2O. The number of hydrogen-bond donors (Lipinski definition) is 1. The predicted octanol–water partition coefficient (Wildman–Crippen LogP) is 3.82. The molecule has 25 heavy (non-hydrogen) atoms. The molecule has 0 aromatic heterocycles. The number of hydrogen-bond acceptors (Lipinski definition) is 3. The summed E-state index contributed by atoms with van der Waals surface area (Å²) in [6.45, 7) is 1.68. The van der Waals surface area contributed by atoms with E-state index in [1.54, 1.807) is 4.90 Å². The van der Waals surface area contributed by atoms with Gasteiger partial charge in [-0.1, -0.05) is 12.1 Å². The quantitative estimate of drug-likeness (QED) is 0.767. The molecular weight excluding hydrogens is 357 g/mol. The molecule has 1 atom stereocenters. The Morgan fingerprint density at radius 2 is 1.72 bits per heavy atom. The second-order valence-electron chi connectivity index (χ2n) is 5.66. The van der Waals surface area contributed by atoms with Crippen molar-refractivity contribution in [2.75, 3.05) is 26.2 Å². The topological polar surface area (TPSA) is 24.5 Å². The number of benzene rings is 1. The molecule has 1 aliphatic heterocycles. The first-order valence-electron chi connectivity index (χ1n) is 7.55. The van der Waals surface area contributed by atoms with E-state index in [2.05, 4.69) is 10.1 Å². The average Bonchev–Trinajstić information content (AvgIpc) is 2.52. The maximum Gasteiger partial charge on any atom is 0.461 e. The Hall–Kier alpha value is -1.55. The van der Waals surface area contributed by atoms with Gasteiger partial charge in [0.15, 0.2) is 0 Å². The van der Waals surface area contributed by atoms with Gasteiger partial charge >= 0.3 is 18.7 Å². The first-order valence-corrected chi connectivity index (χ1v) is 7.55. The molecule has 1 aliphatic rings. The largest absolute Gasteiger partial charge is 0.461 e. The van der Waals surface area contributed by atoms with Crippen LogP contribution in [-0.4, -0.2) is 49.8 Å². The lowest BCUT2D eigenvalue weighted by Gasteiger charge is -2.35. The van der Waals surface area contributed by atoms with Gasteiger partial charge in [-0.25, -0.2) is 0 Å². The van der Waals surface area contributed by atoms with Gasteiger partial charge in [0.2, 0.25) is 0 Å². The Morgan fingerprint density at radius 3 is 2.28 bits per heavy atom. The summed E-state index contributed by atoms with van der Waals surface area (Å²) in [5.41, 5.74) is 0.0850. The van der Waals surface area contributed by atoms with Gasteiger partial charge in [-0.05, 0) is 17.7 Å². The van der Waals surface area contributed by atoms with E-state index in [4.69, 9.17) is 0 Å². The SMILES string of the molecule is FC(F)C(F)(F)Oc1cccc([C@H](CC(F)(F)F)N2CCNCC2)c1. The van der Waals surface area contributed by atoms with Crippen molar-refractivity contribution in [2.45, 2.75) is 31.2 Å². The zero-order valence-corrected chi connectivity index (χ0v) is 13.0. The first-order chi connectivity index (χ1) is 11.6. The van der Waals surface area contributed by atoms with Crippen molar-refractivity contribution in [1.82, 2.24) is 10.2 Å². The summed E-state index contributed by atoms with van der Waals surface area (Å²) in [5.74, 6) is -0.606. The molecule has 1 fully saturated rings. The van der Waals surface area contributed by atoms with E-state index in [-0.39, 0.29) is 5.56 Å².